The van der Waals surface area contributed by atoms with Gasteiger partial charge in [0.05, 0.1) is 24.9 Å². The molecule has 0 aliphatic rings. The molecule has 0 aliphatic heterocycles. The summed E-state index contributed by atoms with van der Waals surface area (Å²) in [7, 11) is 1.60. The van der Waals surface area contributed by atoms with Crippen molar-refractivity contribution in [3.63, 3.8) is 0 Å². The first kappa shape index (κ1) is 13.9. The second kappa shape index (κ2) is 6.17. The summed E-state index contributed by atoms with van der Waals surface area (Å²) >= 11 is 0. The predicted octanol–water partition coefficient (Wildman–Crippen LogP) is 2.66. The van der Waals surface area contributed by atoms with Crippen molar-refractivity contribution in [3.05, 3.63) is 60.4 Å². The van der Waals surface area contributed by atoms with E-state index in [2.05, 4.69) is 15.7 Å². The van der Waals surface area contributed by atoms with Gasteiger partial charge in [-0.05, 0) is 42.5 Å². The Morgan fingerprint density at radius 3 is 2.77 bits per heavy atom. The number of aromatic nitrogens is 2. The van der Waals surface area contributed by atoms with E-state index < -0.39 is 0 Å². The normalized spacial score (nSPS) is 10.4. The molecule has 0 saturated heterocycles. The van der Waals surface area contributed by atoms with Crippen LogP contribution in [-0.4, -0.2) is 22.8 Å². The zero-order valence-electron chi connectivity index (χ0n) is 12.1. The summed E-state index contributed by atoms with van der Waals surface area (Å²) in [6.45, 7) is 0.365. The summed E-state index contributed by atoms with van der Waals surface area (Å²) in [6.07, 6.45) is 1.87. The fraction of sp³-hybridized carbons (Fsp3) is 0.125. The first-order valence-corrected chi connectivity index (χ1v) is 6.87. The van der Waals surface area contributed by atoms with Crippen molar-refractivity contribution in [2.24, 2.45) is 0 Å². The lowest BCUT2D eigenvalue weighted by atomic mass is 10.3. The number of benzene rings is 1. The number of rotatable bonds is 4. The van der Waals surface area contributed by atoms with Gasteiger partial charge in [0.25, 0.3) is 0 Å². The molecule has 2 aromatic heterocycles. The lowest BCUT2D eigenvalue weighted by Crippen LogP contribution is -2.28. The quantitative estimate of drug-likeness (QED) is 0.778. The molecule has 6 heteroatoms. The number of urea groups is 1. The van der Waals surface area contributed by atoms with Crippen LogP contribution in [-0.2, 0) is 6.54 Å². The van der Waals surface area contributed by atoms with Crippen molar-refractivity contribution in [1.82, 2.24) is 14.9 Å². The highest BCUT2D eigenvalue weighted by atomic mass is 16.5. The van der Waals surface area contributed by atoms with Gasteiger partial charge >= 0.3 is 6.03 Å². The van der Waals surface area contributed by atoms with Crippen molar-refractivity contribution in [1.29, 1.82) is 0 Å². The standard InChI is InChI=1S/C16H16N4O2/c1-22-15-7-5-12(6-8-15)18-16(21)17-11-13-10-14-4-2-3-9-20(14)19-13/h2-10H,11H2,1H3,(H2,17,18,21). The summed E-state index contributed by atoms with van der Waals surface area (Å²) < 4.78 is 6.85. The Balaban J connectivity index is 1.57. The van der Waals surface area contributed by atoms with Crippen molar-refractivity contribution in [2.75, 3.05) is 12.4 Å². The van der Waals surface area contributed by atoms with E-state index in [-0.39, 0.29) is 6.03 Å². The molecule has 0 fully saturated rings. The zero-order valence-corrected chi connectivity index (χ0v) is 12.1. The molecule has 2 heterocycles. The fourth-order valence-corrected chi connectivity index (χ4v) is 2.10. The molecule has 0 aliphatic carbocycles. The van der Waals surface area contributed by atoms with Crippen LogP contribution in [0.2, 0.25) is 0 Å². The monoisotopic (exact) mass is 296 g/mol. The number of methoxy groups -OCH3 is 1. The Bertz CT molecular complexity index is 747. The molecule has 0 bridgehead atoms. The third-order valence-corrected chi connectivity index (χ3v) is 3.20. The number of fused-ring (bicyclic) bond motifs is 1. The highest BCUT2D eigenvalue weighted by Gasteiger charge is 2.05. The molecule has 2 N–H and O–H groups in total. The minimum Gasteiger partial charge on any atom is -0.497 e. The van der Waals surface area contributed by atoms with Crippen LogP contribution >= 0.6 is 0 Å². The van der Waals surface area contributed by atoms with E-state index in [1.165, 1.54) is 0 Å². The maximum absolute atomic E-state index is 11.9. The van der Waals surface area contributed by atoms with Crippen molar-refractivity contribution in [3.8, 4) is 5.75 Å². The van der Waals surface area contributed by atoms with E-state index >= 15 is 0 Å². The molecule has 1 aromatic carbocycles. The van der Waals surface area contributed by atoms with Crippen molar-refractivity contribution >= 4 is 17.2 Å². The van der Waals surface area contributed by atoms with E-state index in [0.29, 0.717) is 12.2 Å². The van der Waals surface area contributed by atoms with Crippen LogP contribution in [0.3, 0.4) is 0 Å². The van der Waals surface area contributed by atoms with Gasteiger partial charge < -0.3 is 15.4 Å². The van der Waals surface area contributed by atoms with E-state index in [0.717, 1.165) is 17.0 Å². The number of hydrogen-bond donors (Lipinski definition) is 2. The average Bonchev–Trinajstić information content (AvgIpc) is 2.96. The van der Waals surface area contributed by atoms with Gasteiger partial charge in [0, 0.05) is 11.9 Å². The van der Waals surface area contributed by atoms with E-state index in [1.807, 2.05) is 30.5 Å². The number of carbonyl (C=O) groups is 1. The predicted molar refractivity (Wildman–Crippen MR) is 84.0 cm³/mol. The number of anilines is 1. The van der Waals surface area contributed by atoms with Crippen LogP contribution in [0.5, 0.6) is 5.75 Å². The van der Waals surface area contributed by atoms with E-state index in [4.69, 9.17) is 4.74 Å². The first-order valence-electron chi connectivity index (χ1n) is 6.87. The molecule has 0 saturated carbocycles. The Morgan fingerprint density at radius 1 is 1.23 bits per heavy atom. The number of nitrogens with zero attached hydrogens (tertiary/aromatic N) is 2. The molecule has 0 atom stereocenters. The van der Waals surface area contributed by atoms with Crippen LogP contribution in [0, 0.1) is 0 Å². The molecule has 0 unspecified atom stereocenters. The molecular weight excluding hydrogens is 280 g/mol. The smallest absolute Gasteiger partial charge is 0.319 e. The van der Waals surface area contributed by atoms with Crippen LogP contribution in [0.25, 0.3) is 5.52 Å². The number of hydrogen-bond acceptors (Lipinski definition) is 3. The van der Waals surface area contributed by atoms with Crippen LogP contribution in [0.15, 0.2) is 54.7 Å². The van der Waals surface area contributed by atoms with Gasteiger partial charge in [-0.2, -0.15) is 5.10 Å². The number of amides is 2. The first-order chi connectivity index (χ1) is 10.7. The summed E-state index contributed by atoms with van der Waals surface area (Å²) in [4.78, 5) is 11.9. The maximum Gasteiger partial charge on any atom is 0.319 e. The SMILES string of the molecule is COc1ccc(NC(=O)NCc2cc3ccccn3n2)cc1. The molecule has 0 radical (unpaired) electrons. The largest absolute Gasteiger partial charge is 0.497 e. The Kier molecular flexibility index (Phi) is 3.91. The second-order valence-electron chi connectivity index (χ2n) is 4.74. The van der Waals surface area contributed by atoms with Gasteiger partial charge in [-0.15, -0.1) is 0 Å². The minimum absolute atomic E-state index is 0.276. The van der Waals surface area contributed by atoms with Gasteiger partial charge in [0.1, 0.15) is 5.75 Å². The average molecular weight is 296 g/mol. The van der Waals surface area contributed by atoms with Gasteiger partial charge in [-0.1, -0.05) is 6.07 Å². The van der Waals surface area contributed by atoms with Gasteiger partial charge in [-0.25, -0.2) is 9.31 Å². The molecule has 6 nitrogen and oxygen atoms in total. The summed E-state index contributed by atoms with van der Waals surface area (Å²) in [5, 5.41) is 9.91. The highest BCUT2D eigenvalue weighted by molar-refractivity contribution is 5.89. The Labute approximate surface area is 127 Å². The molecule has 3 aromatic rings. The van der Waals surface area contributed by atoms with E-state index in [1.54, 1.807) is 35.9 Å². The molecule has 0 spiro atoms. The van der Waals surface area contributed by atoms with E-state index in [9.17, 15) is 4.79 Å². The maximum atomic E-state index is 11.9. The summed E-state index contributed by atoms with van der Waals surface area (Å²) in [5.74, 6) is 0.746. The molecule has 2 amide bonds. The third kappa shape index (κ3) is 3.17. The number of nitrogens with one attached hydrogen (secondary N) is 2. The van der Waals surface area contributed by atoms with Crippen molar-refractivity contribution in [2.45, 2.75) is 6.54 Å². The fourth-order valence-electron chi connectivity index (χ4n) is 2.10. The van der Waals surface area contributed by atoms with Crippen LogP contribution in [0.1, 0.15) is 5.69 Å². The number of pyridine rings is 1. The summed E-state index contributed by atoms with van der Waals surface area (Å²) in [6, 6.07) is 14.6. The Morgan fingerprint density at radius 2 is 2.05 bits per heavy atom. The molecular formula is C16H16N4O2. The number of ether oxygens (including phenoxy) is 1. The molecule has 22 heavy (non-hydrogen) atoms. The number of carbonyl (C=O) groups excluding carboxylic acids is 1. The van der Waals surface area contributed by atoms with Crippen LogP contribution in [0.4, 0.5) is 10.5 Å². The minimum atomic E-state index is -0.276. The van der Waals surface area contributed by atoms with Crippen LogP contribution < -0.4 is 15.4 Å². The Hall–Kier alpha value is -3.02. The highest BCUT2D eigenvalue weighted by Crippen LogP contribution is 2.14. The topological polar surface area (TPSA) is 67.7 Å². The van der Waals surface area contributed by atoms with Gasteiger partial charge in [0.2, 0.25) is 0 Å². The molecule has 112 valence electrons. The lowest BCUT2D eigenvalue weighted by Gasteiger charge is -2.07. The zero-order chi connectivity index (χ0) is 15.4. The van der Waals surface area contributed by atoms with Gasteiger partial charge in [-0.3, -0.25) is 0 Å². The molecule has 3 rings (SSSR count). The lowest BCUT2D eigenvalue weighted by molar-refractivity contribution is 0.251. The van der Waals surface area contributed by atoms with Gasteiger partial charge in [0.15, 0.2) is 0 Å². The third-order valence-electron chi connectivity index (χ3n) is 3.20. The summed E-state index contributed by atoms with van der Waals surface area (Å²) in [5.41, 5.74) is 2.50. The van der Waals surface area contributed by atoms with Crippen molar-refractivity contribution < 1.29 is 9.53 Å². The second-order valence-corrected chi connectivity index (χ2v) is 4.74.